The topological polar surface area (TPSA) is 26.3 Å². The van der Waals surface area contributed by atoms with Gasteiger partial charge in [-0.2, -0.15) is 0 Å². The number of esters is 1. The third-order valence-corrected chi connectivity index (χ3v) is 2.77. The van der Waals surface area contributed by atoms with Crippen molar-refractivity contribution < 1.29 is 9.53 Å². The molecule has 0 N–H and O–H groups in total. The minimum absolute atomic E-state index is 0.0447. The van der Waals surface area contributed by atoms with E-state index < -0.39 is 0 Å². The van der Waals surface area contributed by atoms with E-state index in [0.717, 1.165) is 18.2 Å². The Morgan fingerprint density at radius 3 is 2.60 bits per heavy atom. The summed E-state index contributed by atoms with van der Waals surface area (Å²) in [6.45, 7) is 0. The van der Waals surface area contributed by atoms with Crippen molar-refractivity contribution in [2.75, 3.05) is 12.4 Å². The Labute approximate surface area is 98.8 Å². The van der Waals surface area contributed by atoms with Crippen molar-refractivity contribution in [1.29, 1.82) is 0 Å². The Bertz CT molecular complexity index is 298. The molecule has 0 amide bonds. The standard InChI is InChI=1S/C12H15BrO2/c1-15-12(14)11(7-8-13)9-10-5-3-2-4-6-10/h2-6,11H,7-9H2,1H3. The van der Waals surface area contributed by atoms with Crippen molar-refractivity contribution in [2.45, 2.75) is 12.8 Å². The van der Waals surface area contributed by atoms with Crippen LogP contribution in [-0.4, -0.2) is 18.4 Å². The van der Waals surface area contributed by atoms with Gasteiger partial charge in [0.2, 0.25) is 0 Å². The van der Waals surface area contributed by atoms with Crippen LogP contribution in [0.4, 0.5) is 0 Å². The Balaban J connectivity index is 2.62. The monoisotopic (exact) mass is 270 g/mol. The molecule has 3 heteroatoms. The van der Waals surface area contributed by atoms with E-state index in [-0.39, 0.29) is 11.9 Å². The van der Waals surface area contributed by atoms with Crippen LogP contribution in [0.2, 0.25) is 0 Å². The summed E-state index contributed by atoms with van der Waals surface area (Å²) in [6.07, 6.45) is 1.56. The molecule has 0 aliphatic carbocycles. The van der Waals surface area contributed by atoms with Crippen LogP contribution < -0.4 is 0 Å². The van der Waals surface area contributed by atoms with Crippen LogP contribution in [0.1, 0.15) is 12.0 Å². The highest BCUT2D eigenvalue weighted by atomic mass is 79.9. The van der Waals surface area contributed by atoms with E-state index in [4.69, 9.17) is 4.74 Å². The van der Waals surface area contributed by atoms with Crippen molar-refractivity contribution in [3.05, 3.63) is 35.9 Å². The molecule has 0 heterocycles. The molecule has 0 aromatic heterocycles. The fraction of sp³-hybridized carbons (Fsp3) is 0.417. The molecule has 0 radical (unpaired) electrons. The van der Waals surface area contributed by atoms with E-state index in [0.29, 0.717) is 0 Å². The molecule has 2 nitrogen and oxygen atoms in total. The zero-order chi connectivity index (χ0) is 11.1. The molecule has 0 aliphatic heterocycles. The highest BCUT2D eigenvalue weighted by Crippen LogP contribution is 2.15. The van der Waals surface area contributed by atoms with Crippen LogP contribution in [0.25, 0.3) is 0 Å². The van der Waals surface area contributed by atoms with Gasteiger partial charge >= 0.3 is 5.97 Å². The second-order valence-electron chi connectivity index (χ2n) is 3.39. The number of hydrogen-bond acceptors (Lipinski definition) is 2. The predicted molar refractivity (Wildman–Crippen MR) is 64.1 cm³/mol. The summed E-state index contributed by atoms with van der Waals surface area (Å²) in [5, 5.41) is 0.819. The van der Waals surface area contributed by atoms with Gasteiger partial charge in [0.1, 0.15) is 0 Å². The second kappa shape index (κ2) is 6.62. The maximum absolute atomic E-state index is 11.5. The average Bonchev–Trinajstić information content (AvgIpc) is 2.29. The third kappa shape index (κ3) is 4.04. The van der Waals surface area contributed by atoms with E-state index >= 15 is 0 Å². The van der Waals surface area contributed by atoms with E-state index in [1.54, 1.807) is 0 Å². The highest BCUT2D eigenvalue weighted by Gasteiger charge is 2.18. The van der Waals surface area contributed by atoms with Gasteiger partial charge < -0.3 is 4.74 Å². The van der Waals surface area contributed by atoms with Gasteiger partial charge in [-0.05, 0) is 18.4 Å². The summed E-state index contributed by atoms with van der Waals surface area (Å²) < 4.78 is 4.78. The molecule has 0 saturated heterocycles. The molecule has 0 saturated carbocycles. The highest BCUT2D eigenvalue weighted by molar-refractivity contribution is 9.09. The molecular formula is C12H15BrO2. The number of halogens is 1. The molecule has 1 aromatic rings. The van der Waals surface area contributed by atoms with Crippen LogP contribution in [0, 0.1) is 5.92 Å². The smallest absolute Gasteiger partial charge is 0.309 e. The fourth-order valence-corrected chi connectivity index (χ4v) is 2.05. The van der Waals surface area contributed by atoms with E-state index in [9.17, 15) is 4.79 Å². The molecule has 1 unspecified atom stereocenters. The SMILES string of the molecule is COC(=O)C(CCBr)Cc1ccccc1. The average molecular weight is 271 g/mol. The summed E-state index contributed by atoms with van der Waals surface area (Å²) in [6, 6.07) is 10.0. The minimum Gasteiger partial charge on any atom is -0.469 e. The van der Waals surface area contributed by atoms with Crippen LogP contribution >= 0.6 is 15.9 Å². The first-order valence-electron chi connectivity index (χ1n) is 4.95. The van der Waals surface area contributed by atoms with E-state index in [2.05, 4.69) is 15.9 Å². The quantitative estimate of drug-likeness (QED) is 0.608. The first-order chi connectivity index (χ1) is 7.27. The zero-order valence-corrected chi connectivity index (χ0v) is 10.4. The largest absolute Gasteiger partial charge is 0.469 e. The van der Waals surface area contributed by atoms with Crippen molar-refractivity contribution in [3.63, 3.8) is 0 Å². The van der Waals surface area contributed by atoms with Gasteiger partial charge in [-0.25, -0.2) is 0 Å². The zero-order valence-electron chi connectivity index (χ0n) is 8.78. The minimum atomic E-state index is -0.127. The number of methoxy groups -OCH3 is 1. The van der Waals surface area contributed by atoms with Gasteiger partial charge in [-0.1, -0.05) is 46.3 Å². The summed E-state index contributed by atoms with van der Waals surface area (Å²) in [4.78, 5) is 11.5. The van der Waals surface area contributed by atoms with Crippen molar-refractivity contribution in [2.24, 2.45) is 5.92 Å². The lowest BCUT2D eigenvalue weighted by Crippen LogP contribution is -2.19. The Hall–Kier alpha value is -0.830. The van der Waals surface area contributed by atoms with Crippen molar-refractivity contribution in [1.82, 2.24) is 0 Å². The van der Waals surface area contributed by atoms with Crippen LogP contribution in [0.3, 0.4) is 0 Å². The van der Waals surface area contributed by atoms with Gasteiger partial charge in [0.15, 0.2) is 0 Å². The molecule has 0 fully saturated rings. The summed E-state index contributed by atoms with van der Waals surface area (Å²) in [5.41, 5.74) is 1.17. The van der Waals surface area contributed by atoms with Crippen LogP contribution in [0.5, 0.6) is 0 Å². The Morgan fingerprint density at radius 2 is 2.07 bits per heavy atom. The van der Waals surface area contributed by atoms with Crippen molar-refractivity contribution >= 4 is 21.9 Å². The normalized spacial score (nSPS) is 12.1. The predicted octanol–water partition coefficient (Wildman–Crippen LogP) is 2.80. The summed E-state index contributed by atoms with van der Waals surface area (Å²) >= 11 is 3.35. The number of carbonyl (C=O) groups is 1. The molecule has 0 spiro atoms. The molecule has 1 atom stereocenters. The lowest BCUT2D eigenvalue weighted by molar-refractivity contribution is -0.145. The van der Waals surface area contributed by atoms with Crippen LogP contribution in [-0.2, 0) is 16.0 Å². The number of benzene rings is 1. The first kappa shape index (κ1) is 12.2. The number of rotatable bonds is 5. The first-order valence-corrected chi connectivity index (χ1v) is 6.07. The fourth-order valence-electron chi connectivity index (χ4n) is 1.50. The van der Waals surface area contributed by atoms with Gasteiger partial charge in [0.25, 0.3) is 0 Å². The number of hydrogen-bond donors (Lipinski definition) is 0. The maximum Gasteiger partial charge on any atom is 0.309 e. The molecule has 82 valence electrons. The Morgan fingerprint density at radius 1 is 1.40 bits per heavy atom. The number of carbonyl (C=O) groups excluding carboxylic acids is 1. The molecule has 0 aliphatic rings. The summed E-state index contributed by atoms with van der Waals surface area (Å²) in [7, 11) is 1.44. The van der Waals surface area contributed by atoms with E-state index in [1.807, 2.05) is 30.3 Å². The van der Waals surface area contributed by atoms with Gasteiger partial charge in [-0.15, -0.1) is 0 Å². The van der Waals surface area contributed by atoms with Gasteiger partial charge in [0, 0.05) is 5.33 Å². The Kier molecular flexibility index (Phi) is 5.40. The van der Waals surface area contributed by atoms with Crippen molar-refractivity contribution in [3.8, 4) is 0 Å². The lowest BCUT2D eigenvalue weighted by atomic mass is 9.97. The molecular weight excluding hydrogens is 256 g/mol. The van der Waals surface area contributed by atoms with E-state index in [1.165, 1.54) is 12.7 Å². The number of ether oxygens (including phenoxy) is 1. The molecule has 15 heavy (non-hydrogen) atoms. The third-order valence-electron chi connectivity index (χ3n) is 2.32. The van der Waals surface area contributed by atoms with Gasteiger partial charge in [0.05, 0.1) is 13.0 Å². The molecule has 1 aromatic carbocycles. The molecule has 0 bridgehead atoms. The second-order valence-corrected chi connectivity index (χ2v) is 4.18. The summed E-state index contributed by atoms with van der Waals surface area (Å²) in [5.74, 6) is -0.171. The van der Waals surface area contributed by atoms with Gasteiger partial charge in [-0.3, -0.25) is 4.79 Å². The molecule has 1 rings (SSSR count). The maximum atomic E-state index is 11.5. The number of alkyl halides is 1. The van der Waals surface area contributed by atoms with Crippen LogP contribution in [0.15, 0.2) is 30.3 Å². The lowest BCUT2D eigenvalue weighted by Gasteiger charge is -2.12.